The summed E-state index contributed by atoms with van der Waals surface area (Å²) >= 11 is 0. The van der Waals surface area contributed by atoms with E-state index in [1.165, 1.54) is 0 Å². The first-order valence-corrected chi connectivity index (χ1v) is 10.6. The van der Waals surface area contributed by atoms with Crippen molar-refractivity contribution in [3.63, 3.8) is 0 Å². The second-order valence-electron chi connectivity index (χ2n) is 9.37. The van der Waals surface area contributed by atoms with Crippen molar-refractivity contribution in [1.29, 1.82) is 0 Å². The third-order valence-electron chi connectivity index (χ3n) is 5.59. The summed E-state index contributed by atoms with van der Waals surface area (Å²) in [5, 5.41) is 16.2. The summed E-state index contributed by atoms with van der Waals surface area (Å²) in [6.07, 6.45) is 2.59. The SMILES string of the molecule is CCOC(=O)C(NC(=O)NC1CC(C)(C)CC(C)(CN=C=O)C1)C(O)c1ccccc1. The van der Waals surface area contributed by atoms with Crippen LogP contribution >= 0.6 is 0 Å². The quantitative estimate of drug-likeness (QED) is 0.332. The van der Waals surface area contributed by atoms with Crippen molar-refractivity contribution in [2.45, 2.75) is 65.1 Å². The molecule has 1 fully saturated rings. The maximum atomic E-state index is 12.8. The Labute approximate surface area is 183 Å². The number of nitrogens with one attached hydrogen (secondary N) is 2. The molecule has 0 aliphatic heterocycles. The van der Waals surface area contributed by atoms with Gasteiger partial charge in [0.15, 0.2) is 6.04 Å². The van der Waals surface area contributed by atoms with Crippen LogP contribution in [0.5, 0.6) is 0 Å². The van der Waals surface area contributed by atoms with E-state index in [1.807, 2.05) is 6.92 Å². The standard InChI is InChI=1S/C23H33N3O5/c1-5-31-20(29)18(19(28)16-9-7-6-8-10-16)26-21(30)25-17-11-22(2,3)13-23(4,12-17)14-24-15-27/h6-10,17-19,28H,5,11-14H2,1-4H3,(H2,25,26,30). The van der Waals surface area contributed by atoms with Crippen molar-refractivity contribution in [2.24, 2.45) is 15.8 Å². The Morgan fingerprint density at radius 1 is 1.26 bits per heavy atom. The van der Waals surface area contributed by atoms with Crippen LogP contribution in [0.4, 0.5) is 4.79 Å². The second kappa shape index (κ2) is 10.6. The summed E-state index contributed by atoms with van der Waals surface area (Å²) in [7, 11) is 0. The summed E-state index contributed by atoms with van der Waals surface area (Å²) in [4.78, 5) is 39.6. The van der Waals surface area contributed by atoms with E-state index in [4.69, 9.17) is 4.74 Å². The highest BCUT2D eigenvalue weighted by atomic mass is 16.5. The number of amides is 2. The van der Waals surface area contributed by atoms with Crippen LogP contribution in [0.2, 0.25) is 0 Å². The Kier molecular flexibility index (Phi) is 8.36. The molecule has 2 amide bonds. The molecule has 0 saturated heterocycles. The Morgan fingerprint density at radius 2 is 1.94 bits per heavy atom. The van der Waals surface area contributed by atoms with E-state index in [0.717, 1.165) is 12.8 Å². The molecule has 0 radical (unpaired) electrons. The van der Waals surface area contributed by atoms with Crippen molar-refractivity contribution in [2.75, 3.05) is 13.2 Å². The van der Waals surface area contributed by atoms with Gasteiger partial charge in [-0.05, 0) is 42.6 Å². The topological polar surface area (TPSA) is 117 Å². The molecular weight excluding hydrogens is 398 g/mol. The van der Waals surface area contributed by atoms with Gasteiger partial charge in [-0.15, -0.1) is 0 Å². The van der Waals surface area contributed by atoms with Gasteiger partial charge in [0.05, 0.1) is 13.2 Å². The minimum atomic E-state index is -1.25. The van der Waals surface area contributed by atoms with Gasteiger partial charge in [-0.1, -0.05) is 51.1 Å². The highest BCUT2D eigenvalue weighted by Gasteiger charge is 2.42. The number of hydrogen-bond donors (Lipinski definition) is 3. The van der Waals surface area contributed by atoms with Gasteiger partial charge in [-0.2, -0.15) is 0 Å². The van der Waals surface area contributed by atoms with E-state index in [-0.39, 0.29) is 23.5 Å². The number of aliphatic hydroxyl groups is 1. The molecule has 8 nitrogen and oxygen atoms in total. The number of aliphatic hydroxyl groups excluding tert-OH is 1. The van der Waals surface area contributed by atoms with Crippen LogP contribution in [-0.4, -0.2) is 48.4 Å². The highest BCUT2D eigenvalue weighted by Crippen LogP contribution is 2.46. The van der Waals surface area contributed by atoms with Crippen molar-refractivity contribution < 1.29 is 24.2 Å². The maximum Gasteiger partial charge on any atom is 0.331 e. The van der Waals surface area contributed by atoms with Gasteiger partial charge in [0.25, 0.3) is 0 Å². The molecule has 1 aromatic carbocycles. The Hall–Kier alpha value is -2.70. The monoisotopic (exact) mass is 431 g/mol. The fourth-order valence-electron chi connectivity index (χ4n) is 4.79. The second-order valence-corrected chi connectivity index (χ2v) is 9.37. The largest absolute Gasteiger partial charge is 0.464 e. The lowest BCUT2D eigenvalue weighted by molar-refractivity contribution is -0.148. The van der Waals surface area contributed by atoms with Crippen LogP contribution in [0.15, 0.2) is 35.3 Å². The molecule has 4 atom stereocenters. The number of esters is 1. The zero-order valence-corrected chi connectivity index (χ0v) is 18.7. The van der Waals surface area contributed by atoms with Crippen LogP contribution in [-0.2, 0) is 14.3 Å². The molecule has 1 aromatic rings. The van der Waals surface area contributed by atoms with E-state index in [2.05, 4.69) is 29.5 Å². The smallest absolute Gasteiger partial charge is 0.331 e. The molecule has 0 bridgehead atoms. The van der Waals surface area contributed by atoms with Gasteiger partial charge < -0.3 is 20.5 Å². The number of carbonyl (C=O) groups is 2. The van der Waals surface area contributed by atoms with Crippen molar-refractivity contribution in [3.8, 4) is 0 Å². The number of nitrogens with zero attached hydrogens (tertiary/aromatic N) is 1. The number of urea groups is 1. The number of benzene rings is 1. The zero-order chi connectivity index (χ0) is 23.1. The first-order chi connectivity index (χ1) is 14.6. The van der Waals surface area contributed by atoms with E-state index in [9.17, 15) is 19.5 Å². The first-order valence-electron chi connectivity index (χ1n) is 10.6. The zero-order valence-electron chi connectivity index (χ0n) is 18.7. The number of isocyanates is 1. The number of rotatable bonds is 8. The summed E-state index contributed by atoms with van der Waals surface area (Å²) in [5.74, 6) is -0.705. The predicted molar refractivity (Wildman–Crippen MR) is 116 cm³/mol. The van der Waals surface area contributed by atoms with Crippen LogP contribution in [0.25, 0.3) is 0 Å². The minimum absolute atomic E-state index is 0.0621. The normalized spacial score (nSPS) is 24.2. The van der Waals surface area contributed by atoms with E-state index < -0.39 is 24.1 Å². The molecule has 3 N–H and O–H groups in total. The van der Waals surface area contributed by atoms with Gasteiger partial charge in [0.1, 0.15) is 6.10 Å². The number of aliphatic imine (C=N–C) groups is 1. The van der Waals surface area contributed by atoms with E-state index in [1.54, 1.807) is 43.3 Å². The Bertz CT molecular complexity index is 807. The van der Waals surface area contributed by atoms with Gasteiger partial charge in [-0.3, -0.25) is 0 Å². The average molecular weight is 432 g/mol. The number of ether oxygens (including phenoxy) is 1. The molecule has 8 heteroatoms. The fraction of sp³-hybridized carbons (Fsp3) is 0.609. The molecule has 1 aliphatic carbocycles. The van der Waals surface area contributed by atoms with Crippen molar-refractivity contribution >= 4 is 18.1 Å². The van der Waals surface area contributed by atoms with Crippen LogP contribution in [0.3, 0.4) is 0 Å². The summed E-state index contributed by atoms with van der Waals surface area (Å²) in [6, 6.07) is 6.67. The molecule has 0 spiro atoms. The summed E-state index contributed by atoms with van der Waals surface area (Å²) < 4.78 is 5.06. The molecular formula is C23H33N3O5. The highest BCUT2D eigenvalue weighted by molar-refractivity contribution is 5.84. The van der Waals surface area contributed by atoms with E-state index in [0.29, 0.717) is 18.5 Å². The minimum Gasteiger partial charge on any atom is -0.464 e. The lowest BCUT2D eigenvalue weighted by atomic mass is 9.62. The maximum absolute atomic E-state index is 12.8. The summed E-state index contributed by atoms with van der Waals surface area (Å²) in [5.41, 5.74) is 0.188. The van der Waals surface area contributed by atoms with Crippen LogP contribution in [0.1, 0.15) is 58.6 Å². The van der Waals surface area contributed by atoms with E-state index >= 15 is 0 Å². The Balaban J connectivity index is 2.12. The van der Waals surface area contributed by atoms with Gasteiger partial charge in [0, 0.05) is 6.04 Å². The van der Waals surface area contributed by atoms with Gasteiger partial charge in [-0.25, -0.2) is 19.4 Å². The Morgan fingerprint density at radius 3 is 2.55 bits per heavy atom. The average Bonchev–Trinajstić information content (AvgIpc) is 2.69. The molecule has 31 heavy (non-hydrogen) atoms. The van der Waals surface area contributed by atoms with Gasteiger partial charge >= 0.3 is 12.0 Å². The lowest BCUT2D eigenvalue weighted by Gasteiger charge is -2.46. The van der Waals surface area contributed by atoms with Crippen molar-refractivity contribution in [3.05, 3.63) is 35.9 Å². The molecule has 1 aliphatic rings. The van der Waals surface area contributed by atoms with Crippen LogP contribution in [0, 0.1) is 10.8 Å². The molecule has 1 saturated carbocycles. The molecule has 0 aromatic heterocycles. The predicted octanol–water partition coefficient (Wildman–Crippen LogP) is 2.87. The molecule has 170 valence electrons. The van der Waals surface area contributed by atoms with Crippen LogP contribution < -0.4 is 10.6 Å². The third kappa shape index (κ3) is 7.19. The third-order valence-corrected chi connectivity index (χ3v) is 5.59. The molecule has 2 rings (SSSR count). The number of carbonyl (C=O) groups excluding carboxylic acids is 3. The van der Waals surface area contributed by atoms with Gasteiger partial charge in [0.2, 0.25) is 6.08 Å². The lowest BCUT2D eigenvalue weighted by Crippen LogP contribution is -2.54. The number of hydrogen-bond acceptors (Lipinski definition) is 6. The molecule has 4 unspecified atom stereocenters. The molecule has 0 heterocycles. The first kappa shape index (κ1) is 24.6. The fourth-order valence-corrected chi connectivity index (χ4v) is 4.79. The summed E-state index contributed by atoms with van der Waals surface area (Å²) in [6.45, 7) is 8.41. The van der Waals surface area contributed by atoms with Crippen molar-refractivity contribution in [1.82, 2.24) is 10.6 Å².